The molecule has 0 spiro atoms. The van der Waals surface area contributed by atoms with Gasteiger partial charge in [0, 0.05) is 16.1 Å². The third kappa shape index (κ3) is 1.38. The van der Waals surface area contributed by atoms with E-state index in [9.17, 15) is 0 Å². The second-order valence-corrected chi connectivity index (χ2v) is 2.14. The van der Waals surface area contributed by atoms with Gasteiger partial charge in [0.1, 0.15) is 5.76 Å². The molecule has 1 aromatic rings. The molecule has 1 heterocycles. The zero-order valence-corrected chi connectivity index (χ0v) is 6.63. The minimum Gasteiger partial charge on any atom is -0.467 e. The third-order valence-electron chi connectivity index (χ3n) is 1.07. The maximum absolute atomic E-state index is 8.50. The quantitative estimate of drug-likeness (QED) is 0.741. The molecule has 0 aliphatic carbocycles. The number of furan rings is 1. The Hall–Kier alpha value is -0.790. The highest BCUT2D eigenvalue weighted by Crippen LogP contribution is 2.12. The molecule has 1 unspecified atom stereocenters. The Morgan fingerprint density at radius 2 is 2.60 bits per heavy atom. The summed E-state index contributed by atoms with van der Waals surface area (Å²) in [5.74, 6) is 0.611. The summed E-state index contributed by atoms with van der Waals surface area (Å²) in [5.41, 5.74) is 0. The lowest BCUT2D eigenvalue weighted by atomic mass is 10.3. The molecule has 52 valence electrons. The Morgan fingerprint density at radius 1 is 1.80 bits per heavy atom. The fraction of sp³-hybridized carbons (Fsp3) is 0.167. The lowest BCUT2D eigenvalue weighted by Gasteiger charge is -1.99. The summed E-state index contributed by atoms with van der Waals surface area (Å²) in [7, 11) is 0. The molecule has 0 fully saturated rings. The molecular formula is C6H5BrN2O. The van der Waals surface area contributed by atoms with Gasteiger partial charge < -0.3 is 4.42 Å². The molecule has 0 radical (unpaired) electrons. The third-order valence-corrected chi connectivity index (χ3v) is 1.52. The molecule has 10 heavy (non-hydrogen) atoms. The second kappa shape index (κ2) is 3.40. The molecule has 1 aromatic heterocycles. The van der Waals surface area contributed by atoms with E-state index in [-0.39, 0.29) is 0 Å². The number of halogens is 1. The molecular weight excluding hydrogens is 196 g/mol. The average molecular weight is 201 g/mol. The van der Waals surface area contributed by atoms with E-state index in [1.54, 1.807) is 12.1 Å². The number of hydrogen-bond donors (Lipinski definition) is 1. The first-order valence-electron chi connectivity index (χ1n) is 2.67. The van der Waals surface area contributed by atoms with E-state index in [1.165, 1.54) is 6.26 Å². The topological polar surface area (TPSA) is 49.0 Å². The molecule has 4 heteroatoms. The van der Waals surface area contributed by atoms with Crippen LogP contribution in [0, 0.1) is 11.3 Å². The predicted octanol–water partition coefficient (Wildman–Crippen LogP) is 1.74. The molecule has 1 N–H and O–H groups in total. The van der Waals surface area contributed by atoms with Crippen LogP contribution < -0.4 is 4.34 Å². The minimum absolute atomic E-state index is 0.407. The summed E-state index contributed by atoms with van der Waals surface area (Å²) in [5, 5.41) is 8.50. The molecule has 1 atom stereocenters. The van der Waals surface area contributed by atoms with E-state index in [2.05, 4.69) is 20.5 Å². The molecule has 0 aliphatic heterocycles. The Kier molecular flexibility index (Phi) is 2.49. The highest BCUT2D eigenvalue weighted by Gasteiger charge is 2.09. The van der Waals surface area contributed by atoms with E-state index in [0.29, 0.717) is 5.76 Å². The van der Waals surface area contributed by atoms with Crippen molar-refractivity contribution in [1.82, 2.24) is 4.34 Å². The molecule has 1 rings (SSSR count). The summed E-state index contributed by atoms with van der Waals surface area (Å²) in [4.78, 5) is 0. The zero-order chi connectivity index (χ0) is 7.40. The molecule has 0 aliphatic rings. The summed E-state index contributed by atoms with van der Waals surface area (Å²) in [6.07, 6.45) is 1.53. The number of rotatable bonds is 2. The van der Waals surface area contributed by atoms with Gasteiger partial charge in [0.05, 0.1) is 12.3 Å². The largest absolute Gasteiger partial charge is 0.467 e. The average Bonchev–Trinajstić information content (AvgIpc) is 2.43. The first-order chi connectivity index (χ1) is 4.88. The zero-order valence-electron chi connectivity index (χ0n) is 5.04. The Balaban J connectivity index is 2.76. The number of nitriles is 1. The standard InChI is InChI=1S/C6H5BrN2O/c7-9-5(4-8)6-2-1-3-10-6/h1-3,5,9H. The van der Waals surface area contributed by atoms with E-state index < -0.39 is 6.04 Å². The lowest BCUT2D eigenvalue weighted by molar-refractivity contribution is 0.490. The normalized spacial score (nSPS) is 12.4. The van der Waals surface area contributed by atoms with Crippen LogP contribution in [0.5, 0.6) is 0 Å². The fourth-order valence-electron chi connectivity index (χ4n) is 0.597. The van der Waals surface area contributed by atoms with Crippen LogP contribution in [0.25, 0.3) is 0 Å². The van der Waals surface area contributed by atoms with Gasteiger partial charge in [-0.05, 0) is 12.1 Å². The molecule has 0 saturated carbocycles. The lowest BCUT2D eigenvalue weighted by Crippen LogP contribution is -2.06. The van der Waals surface area contributed by atoms with E-state index in [4.69, 9.17) is 9.68 Å². The van der Waals surface area contributed by atoms with Gasteiger partial charge in [-0.1, -0.05) is 0 Å². The van der Waals surface area contributed by atoms with Gasteiger partial charge >= 0.3 is 0 Å². The van der Waals surface area contributed by atoms with Crippen molar-refractivity contribution in [3.8, 4) is 6.07 Å². The van der Waals surface area contributed by atoms with Crippen LogP contribution in [0.1, 0.15) is 11.8 Å². The van der Waals surface area contributed by atoms with Crippen molar-refractivity contribution in [1.29, 1.82) is 5.26 Å². The highest BCUT2D eigenvalue weighted by molar-refractivity contribution is 9.08. The van der Waals surface area contributed by atoms with Crippen molar-refractivity contribution in [2.75, 3.05) is 0 Å². The van der Waals surface area contributed by atoms with Crippen molar-refractivity contribution in [2.24, 2.45) is 0 Å². The van der Waals surface area contributed by atoms with Crippen molar-refractivity contribution in [3.05, 3.63) is 24.2 Å². The van der Waals surface area contributed by atoms with Crippen LogP contribution in [0.15, 0.2) is 22.8 Å². The van der Waals surface area contributed by atoms with Gasteiger partial charge in [0.2, 0.25) is 0 Å². The van der Waals surface area contributed by atoms with Crippen LogP contribution in [0.2, 0.25) is 0 Å². The van der Waals surface area contributed by atoms with Gasteiger partial charge in [-0.15, -0.1) is 0 Å². The van der Waals surface area contributed by atoms with E-state index >= 15 is 0 Å². The van der Waals surface area contributed by atoms with Crippen LogP contribution in [0.3, 0.4) is 0 Å². The van der Waals surface area contributed by atoms with Gasteiger partial charge in [0.25, 0.3) is 0 Å². The van der Waals surface area contributed by atoms with Gasteiger partial charge in [-0.3, -0.25) is 0 Å². The van der Waals surface area contributed by atoms with Crippen molar-refractivity contribution >= 4 is 16.1 Å². The first-order valence-corrected chi connectivity index (χ1v) is 3.47. The SMILES string of the molecule is N#CC(NBr)c1ccco1. The van der Waals surface area contributed by atoms with Crippen LogP contribution in [0.4, 0.5) is 0 Å². The van der Waals surface area contributed by atoms with E-state index in [1.807, 2.05) is 6.07 Å². The molecule has 0 amide bonds. The highest BCUT2D eigenvalue weighted by atomic mass is 79.9. The van der Waals surface area contributed by atoms with Gasteiger partial charge in [0.15, 0.2) is 6.04 Å². The molecule has 0 bridgehead atoms. The molecule has 0 saturated heterocycles. The van der Waals surface area contributed by atoms with Crippen molar-refractivity contribution < 1.29 is 4.42 Å². The summed E-state index contributed by atoms with van der Waals surface area (Å²) < 4.78 is 7.57. The number of nitrogens with zero attached hydrogens (tertiary/aromatic N) is 1. The predicted molar refractivity (Wildman–Crippen MR) is 39.1 cm³/mol. The summed E-state index contributed by atoms with van der Waals surface area (Å²) >= 11 is 2.96. The maximum Gasteiger partial charge on any atom is 0.163 e. The molecule has 0 aromatic carbocycles. The monoisotopic (exact) mass is 200 g/mol. The van der Waals surface area contributed by atoms with Crippen molar-refractivity contribution in [3.63, 3.8) is 0 Å². The van der Waals surface area contributed by atoms with E-state index in [0.717, 1.165) is 0 Å². The Morgan fingerprint density at radius 3 is 3.00 bits per heavy atom. The molecule has 3 nitrogen and oxygen atoms in total. The van der Waals surface area contributed by atoms with Gasteiger partial charge in [-0.25, -0.2) is 4.34 Å². The second-order valence-electron chi connectivity index (χ2n) is 1.69. The minimum atomic E-state index is -0.407. The summed E-state index contributed by atoms with van der Waals surface area (Å²) in [6.45, 7) is 0. The van der Waals surface area contributed by atoms with Crippen LogP contribution >= 0.6 is 16.1 Å². The van der Waals surface area contributed by atoms with Gasteiger partial charge in [-0.2, -0.15) is 5.26 Å². The fourth-order valence-corrected chi connectivity index (χ4v) is 0.925. The number of hydrogen-bond acceptors (Lipinski definition) is 3. The summed E-state index contributed by atoms with van der Waals surface area (Å²) in [6, 6.07) is 5.07. The Labute approximate surface area is 67.0 Å². The van der Waals surface area contributed by atoms with Crippen LogP contribution in [-0.4, -0.2) is 0 Å². The first kappa shape index (κ1) is 7.32. The van der Waals surface area contributed by atoms with Crippen LogP contribution in [-0.2, 0) is 0 Å². The smallest absolute Gasteiger partial charge is 0.163 e. The maximum atomic E-state index is 8.50. The Bertz CT molecular complexity index is 226. The van der Waals surface area contributed by atoms with Crippen molar-refractivity contribution in [2.45, 2.75) is 6.04 Å². The number of nitrogens with one attached hydrogen (secondary N) is 1.